The van der Waals surface area contributed by atoms with Crippen molar-refractivity contribution >= 4 is 11.9 Å². The Morgan fingerprint density at radius 2 is 2.07 bits per heavy atom. The molecular weight excluding hydrogens is 358 g/mol. The maximum Gasteiger partial charge on any atom is 0.314 e. The maximum absolute atomic E-state index is 13.1. The van der Waals surface area contributed by atoms with Gasteiger partial charge in [-0.15, -0.1) is 5.10 Å². The number of amides is 1. The number of carbonyl (C=O) groups is 2. The summed E-state index contributed by atoms with van der Waals surface area (Å²) in [5, 5.41) is 11.0. The first-order chi connectivity index (χ1) is 13.6. The fourth-order valence-corrected chi connectivity index (χ4v) is 4.90. The monoisotopic (exact) mass is 383 g/mol. The van der Waals surface area contributed by atoms with Gasteiger partial charge in [0, 0.05) is 18.5 Å². The van der Waals surface area contributed by atoms with Crippen LogP contribution in [0.25, 0.3) is 0 Å². The molecule has 1 aromatic heterocycles. The van der Waals surface area contributed by atoms with Crippen LogP contribution in [0.15, 0.2) is 36.7 Å². The first-order valence-corrected chi connectivity index (χ1v) is 9.87. The maximum atomic E-state index is 13.1. The number of tetrazole rings is 1. The minimum absolute atomic E-state index is 0.0576. The number of carbonyl (C=O) groups excluding carboxylic acids is 2. The molecule has 2 aromatic rings. The molecule has 8 heteroatoms. The molecule has 2 fully saturated rings. The van der Waals surface area contributed by atoms with E-state index in [1.807, 2.05) is 42.2 Å². The topological polar surface area (TPSA) is 90.2 Å². The van der Waals surface area contributed by atoms with Gasteiger partial charge in [0.15, 0.2) is 0 Å². The van der Waals surface area contributed by atoms with Gasteiger partial charge in [0.05, 0.1) is 18.6 Å². The highest BCUT2D eigenvalue weighted by atomic mass is 16.5. The number of fused-ring (bicyclic) bond motifs is 2. The van der Waals surface area contributed by atoms with Crippen LogP contribution in [0.4, 0.5) is 0 Å². The van der Waals surface area contributed by atoms with Gasteiger partial charge in [-0.3, -0.25) is 9.59 Å². The predicted molar refractivity (Wildman–Crippen MR) is 99.9 cm³/mol. The van der Waals surface area contributed by atoms with Crippen LogP contribution in [0.2, 0.25) is 0 Å². The predicted octanol–water partition coefficient (Wildman–Crippen LogP) is 1.62. The van der Waals surface area contributed by atoms with Gasteiger partial charge in [-0.05, 0) is 48.6 Å². The van der Waals surface area contributed by atoms with Crippen molar-refractivity contribution in [3.63, 3.8) is 0 Å². The normalized spacial score (nSPS) is 25.8. The van der Waals surface area contributed by atoms with Crippen LogP contribution in [-0.4, -0.2) is 55.7 Å². The van der Waals surface area contributed by atoms with Crippen LogP contribution in [-0.2, 0) is 27.3 Å². The molecule has 0 aliphatic carbocycles. The Balaban J connectivity index is 1.56. The van der Waals surface area contributed by atoms with Crippen LogP contribution in [0.5, 0.6) is 0 Å². The van der Waals surface area contributed by atoms with Gasteiger partial charge in [-0.1, -0.05) is 30.3 Å². The molecule has 3 atom stereocenters. The lowest BCUT2D eigenvalue weighted by atomic mass is 9.70. The molecule has 2 saturated heterocycles. The number of aryl methyl sites for hydroxylation is 1. The fourth-order valence-electron chi connectivity index (χ4n) is 4.90. The molecule has 0 saturated carbocycles. The van der Waals surface area contributed by atoms with Gasteiger partial charge in [-0.25, -0.2) is 4.68 Å². The SMILES string of the molecule is CCOC(=O)[C@@]1(Cc2ccccc2)C[C@H]2CC[C@@H]1N2C(=O)CCn1cnnn1. The van der Waals surface area contributed by atoms with E-state index < -0.39 is 5.41 Å². The van der Waals surface area contributed by atoms with Crippen LogP contribution in [0.3, 0.4) is 0 Å². The van der Waals surface area contributed by atoms with Crippen molar-refractivity contribution in [3.8, 4) is 0 Å². The lowest BCUT2D eigenvalue weighted by molar-refractivity contribution is -0.158. The summed E-state index contributed by atoms with van der Waals surface area (Å²) in [5.41, 5.74) is 0.439. The molecule has 28 heavy (non-hydrogen) atoms. The number of nitrogens with zero attached hydrogens (tertiary/aromatic N) is 5. The molecule has 148 valence electrons. The highest BCUT2D eigenvalue weighted by Gasteiger charge is 2.61. The van der Waals surface area contributed by atoms with Gasteiger partial charge in [-0.2, -0.15) is 0 Å². The molecule has 0 radical (unpaired) electrons. The Kier molecular flexibility index (Phi) is 5.11. The standard InChI is InChI=1S/C20H25N5O3/c1-2-28-19(27)20(12-15-6-4-3-5-7-15)13-16-8-9-17(20)25(16)18(26)10-11-24-14-21-22-23-24/h3-7,14,16-17H,2,8-13H2,1H3/t16-,17+,20+/m1/s1. The lowest BCUT2D eigenvalue weighted by Gasteiger charge is -2.35. The third kappa shape index (κ3) is 3.27. The molecule has 0 N–H and O–H groups in total. The summed E-state index contributed by atoms with van der Waals surface area (Å²) >= 11 is 0. The van der Waals surface area contributed by atoms with Gasteiger partial charge >= 0.3 is 5.97 Å². The molecular formula is C20H25N5O3. The second-order valence-electron chi connectivity index (χ2n) is 7.61. The average molecular weight is 383 g/mol. The summed E-state index contributed by atoms with van der Waals surface area (Å²) in [5.74, 6) is -0.119. The Morgan fingerprint density at radius 3 is 2.79 bits per heavy atom. The van der Waals surface area contributed by atoms with Crippen molar-refractivity contribution in [2.24, 2.45) is 5.41 Å². The van der Waals surface area contributed by atoms with Crippen molar-refractivity contribution in [2.45, 2.75) is 57.7 Å². The van der Waals surface area contributed by atoms with E-state index in [1.165, 1.54) is 6.33 Å². The number of ether oxygens (including phenoxy) is 1. The molecule has 2 bridgehead atoms. The fraction of sp³-hybridized carbons (Fsp3) is 0.550. The Labute approximate surface area is 163 Å². The number of rotatable bonds is 7. The summed E-state index contributed by atoms with van der Waals surface area (Å²) in [4.78, 5) is 28.0. The smallest absolute Gasteiger partial charge is 0.314 e. The minimum Gasteiger partial charge on any atom is -0.465 e. The second-order valence-corrected chi connectivity index (χ2v) is 7.61. The summed E-state index contributed by atoms with van der Waals surface area (Å²) in [7, 11) is 0. The molecule has 0 spiro atoms. The Bertz CT molecular complexity index is 826. The summed E-state index contributed by atoms with van der Waals surface area (Å²) in [6.07, 6.45) is 4.88. The molecule has 0 unspecified atom stereocenters. The summed E-state index contributed by atoms with van der Waals surface area (Å²) in [6, 6.07) is 9.99. The summed E-state index contributed by atoms with van der Waals surface area (Å²) < 4.78 is 7.05. The lowest BCUT2D eigenvalue weighted by Crippen LogP contribution is -2.47. The van der Waals surface area contributed by atoms with Crippen molar-refractivity contribution in [1.29, 1.82) is 0 Å². The van der Waals surface area contributed by atoms with E-state index in [1.54, 1.807) is 4.68 Å². The number of benzene rings is 1. The van der Waals surface area contributed by atoms with Gasteiger partial charge in [0.25, 0.3) is 0 Å². The van der Waals surface area contributed by atoms with E-state index in [4.69, 9.17) is 4.74 Å². The molecule has 4 rings (SSSR count). The summed E-state index contributed by atoms with van der Waals surface area (Å²) in [6.45, 7) is 2.61. The van der Waals surface area contributed by atoms with Crippen molar-refractivity contribution in [1.82, 2.24) is 25.1 Å². The highest BCUT2D eigenvalue weighted by Crippen LogP contribution is 2.52. The Hall–Kier alpha value is -2.77. The zero-order valence-electron chi connectivity index (χ0n) is 16.0. The molecule has 8 nitrogen and oxygen atoms in total. The second kappa shape index (κ2) is 7.69. The number of hydrogen-bond acceptors (Lipinski definition) is 6. The van der Waals surface area contributed by atoms with Crippen molar-refractivity contribution in [3.05, 3.63) is 42.2 Å². The van der Waals surface area contributed by atoms with E-state index >= 15 is 0 Å². The van der Waals surface area contributed by atoms with Crippen LogP contribution in [0.1, 0.15) is 38.2 Å². The molecule has 1 aromatic carbocycles. The minimum atomic E-state index is -0.662. The number of esters is 1. The number of hydrogen-bond donors (Lipinski definition) is 0. The largest absolute Gasteiger partial charge is 0.465 e. The average Bonchev–Trinajstić information content (AvgIpc) is 3.43. The highest BCUT2D eigenvalue weighted by molar-refractivity contribution is 5.84. The number of aromatic nitrogens is 4. The molecule has 3 heterocycles. The van der Waals surface area contributed by atoms with Gasteiger partial charge in [0.2, 0.25) is 5.91 Å². The van der Waals surface area contributed by atoms with E-state index in [0.29, 0.717) is 32.4 Å². The van der Waals surface area contributed by atoms with Crippen LogP contribution in [0, 0.1) is 5.41 Å². The van der Waals surface area contributed by atoms with E-state index in [2.05, 4.69) is 15.5 Å². The van der Waals surface area contributed by atoms with E-state index in [0.717, 1.165) is 18.4 Å². The van der Waals surface area contributed by atoms with E-state index in [-0.39, 0.29) is 24.0 Å². The van der Waals surface area contributed by atoms with Gasteiger partial charge in [0.1, 0.15) is 6.33 Å². The van der Waals surface area contributed by atoms with Crippen molar-refractivity contribution in [2.75, 3.05) is 6.61 Å². The third-order valence-corrected chi connectivity index (χ3v) is 6.02. The third-order valence-electron chi connectivity index (χ3n) is 6.02. The zero-order valence-corrected chi connectivity index (χ0v) is 16.0. The molecule has 2 aliphatic rings. The van der Waals surface area contributed by atoms with Crippen molar-refractivity contribution < 1.29 is 14.3 Å². The zero-order chi connectivity index (χ0) is 19.6. The van der Waals surface area contributed by atoms with Gasteiger partial charge < -0.3 is 9.64 Å². The van der Waals surface area contributed by atoms with Crippen LogP contribution < -0.4 is 0 Å². The first-order valence-electron chi connectivity index (χ1n) is 9.87. The molecule has 1 amide bonds. The van der Waals surface area contributed by atoms with Crippen LogP contribution >= 0.6 is 0 Å². The quantitative estimate of drug-likeness (QED) is 0.675. The first kappa shape index (κ1) is 18.6. The molecule has 2 aliphatic heterocycles. The Morgan fingerprint density at radius 1 is 1.25 bits per heavy atom. The van der Waals surface area contributed by atoms with E-state index in [9.17, 15) is 9.59 Å².